The SMILES string of the molecule is CN(CCOCCOCCONC(=O)OC(C)(C)C)CCN(C)CCOCCOCCC(=O)O. The zero-order chi connectivity index (χ0) is 25.7. The van der Waals surface area contributed by atoms with Crippen molar-refractivity contribution in [2.24, 2.45) is 0 Å². The number of nitrogens with zero attached hydrogens (tertiary/aromatic N) is 2. The first kappa shape index (κ1) is 32.5. The quantitative estimate of drug-likeness (QED) is 0.164. The third-order valence-electron chi connectivity index (χ3n) is 4.19. The molecule has 12 heteroatoms. The molecular weight excluding hydrogens is 450 g/mol. The fraction of sp³-hybridized carbons (Fsp3) is 0.909. The third kappa shape index (κ3) is 25.1. The standard InChI is InChI=1S/C22H45N3O9/c1-22(2,3)34-21(28)23-33-19-18-32-17-16-31-13-10-25(5)8-7-24(4)9-12-30-15-14-29-11-6-20(26)27/h6-19H2,1-5H3,(H,23,28)(H,26,27). The van der Waals surface area contributed by atoms with Crippen LogP contribution >= 0.6 is 0 Å². The molecule has 12 nitrogen and oxygen atoms in total. The molecule has 2 N–H and O–H groups in total. The number of carbonyl (C=O) groups excluding carboxylic acids is 1. The van der Waals surface area contributed by atoms with E-state index in [1.54, 1.807) is 20.8 Å². The largest absolute Gasteiger partial charge is 0.481 e. The Balaban J connectivity index is 3.40. The Bertz CT molecular complexity index is 518. The highest BCUT2D eigenvalue weighted by molar-refractivity contribution is 5.66. The van der Waals surface area contributed by atoms with E-state index in [1.165, 1.54) is 0 Å². The van der Waals surface area contributed by atoms with Crippen molar-refractivity contribution in [3.05, 3.63) is 0 Å². The molecule has 0 unspecified atom stereocenters. The number of hydrogen-bond acceptors (Lipinski definition) is 10. The maximum absolute atomic E-state index is 11.4. The minimum atomic E-state index is -0.859. The fourth-order valence-electron chi connectivity index (χ4n) is 2.32. The number of hydroxylamine groups is 1. The second-order valence-corrected chi connectivity index (χ2v) is 8.65. The van der Waals surface area contributed by atoms with Gasteiger partial charge in [-0.05, 0) is 34.9 Å². The molecule has 0 bridgehead atoms. The van der Waals surface area contributed by atoms with Crippen LogP contribution in [0.1, 0.15) is 27.2 Å². The van der Waals surface area contributed by atoms with Crippen molar-refractivity contribution in [3.8, 4) is 0 Å². The summed E-state index contributed by atoms with van der Waals surface area (Å²) in [6.45, 7) is 12.6. The van der Waals surface area contributed by atoms with Crippen LogP contribution in [0, 0.1) is 0 Å². The first-order valence-corrected chi connectivity index (χ1v) is 11.6. The molecule has 0 rings (SSSR count). The maximum Gasteiger partial charge on any atom is 0.431 e. The summed E-state index contributed by atoms with van der Waals surface area (Å²) < 4.78 is 26.6. The van der Waals surface area contributed by atoms with Crippen LogP contribution in [-0.4, -0.2) is 132 Å². The second-order valence-electron chi connectivity index (χ2n) is 8.65. The van der Waals surface area contributed by atoms with Gasteiger partial charge in [-0.25, -0.2) is 4.79 Å². The summed E-state index contributed by atoms with van der Waals surface area (Å²) in [5.41, 5.74) is 1.63. The zero-order valence-electron chi connectivity index (χ0n) is 21.5. The van der Waals surface area contributed by atoms with Gasteiger partial charge in [0.2, 0.25) is 0 Å². The lowest BCUT2D eigenvalue weighted by Gasteiger charge is -2.22. The summed E-state index contributed by atoms with van der Waals surface area (Å²) in [5, 5.41) is 8.51. The Morgan fingerprint density at radius 1 is 0.706 bits per heavy atom. The predicted octanol–water partition coefficient (Wildman–Crippen LogP) is 0.847. The van der Waals surface area contributed by atoms with Crippen LogP contribution in [-0.2, 0) is 33.3 Å². The average molecular weight is 496 g/mol. The van der Waals surface area contributed by atoms with Crippen LogP contribution in [0.2, 0.25) is 0 Å². The molecule has 0 aromatic rings. The predicted molar refractivity (Wildman–Crippen MR) is 126 cm³/mol. The lowest BCUT2D eigenvalue weighted by molar-refractivity contribution is -0.138. The highest BCUT2D eigenvalue weighted by Gasteiger charge is 2.15. The minimum absolute atomic E-state index is 0.0150. The molecule has 0 aliphatic rings. The van der Waals surface area contributed by atoms with E-state index in [4.69, 9.17) is 33.6 Å². The topological polar surface area (TPSA) is 128 Å². The number of rotatable bonds is 22. The molecule has 0 atom stereocenters. The van der Waals surface area contributed by atoms with Gasteiger partial charge >= 0.3 is 12.1 Å². The Morgan fingerprint density at radius 2 is 1.15 bits per heavy atom. The maximum atomic E-state index is 11.4. The summed E-state index contributed by atoms with van der Waals surface area (Å²) in [4.78, 5) is 31.1. The molecule has 0 heterocycles. The molecule has 0 aromatic carbocycles. The molecule has 0 fully saturated rings. The number of amides is 1. The molecule has 0 aliphatic heterocycles. The van der Waals surface area contributed by atoms with Crippen molar-refractivity contribution in [1.82, 2.24) is 15.3 Å². The van der Waals surface area contributed by atoms with Crippen LogP contribution in [0.4, 0.5) is 4.79 Å². The normalized spacial score (nSPS) is 11.9. The highest BCUT2D eigenvalue weighted by atomic mass is 16.7. The summed E-state index contributed by atoms with van der Waals surface area (Å²) in [7, 11) is 4.09. The van der Waals surface area contributed by atoms with Crippen LogP contribution in [0.3, 0.4) is 0 Å². The number of nitrogens with one attached hydrogen (secondary N) is 1. The molecule has 0 radical (unpaired) electrons. The van der Waals surface area contributed by atoms with E-state index in [-0.39, 0.29) is 19.6 Å². The van der Waals surface area contributed by atoms with Crippen LogP contribution in [0.5, 0.6) is 0 Å². The van der Waals surface area contributed by atoms with Gasteiger partial charge < -0.3 is 38.6 Å². The molecule has 202 valence electrons. The lowest BCUT2D eigenvalue weighted by Crippen LogP contribution is -2.34. The monoisotopic (exact) mass is 495 g/mol. The fourth-order valence-corrected chi connectivity index (χ4v) is 2.32. The van der Waals surface area contributed by atoms with E-state index in [0.29, 0.717) is 46.2 Å². The number of aliphatic carboxylic acids is 1. The van der Waals surface area contributed by atoms with E-state index >= 15 is 0 Å². The van der Waals surface area contributed by atoms with E-state index in [9.17, 15) is 9.59 Å². The van der Waals surface area contributed by atoms with Crippen LogP contribution in [0.25, 0.3) is 0 Å². The molecule has 0 saturated heterocycles. The summed E-state index contributed by atoms with van der Waals surface area (Å²) in [5.74, 6) is -0.859. The summed E-state index contributed by atoms with van der Waals surface area (Å²) in [6, 6.07) is 0. The molecule has 0 spiro atoms. The number of hydrogen-bond donors (Lipinski definition) is 2. The number of ether oxygens (including phenoxy) is 5. The Morgan fingerprint density at radius 3 is 1.62 bits per heavy atom. The van der Waals surface area contributed by atoms with Gasteiger partial charge in [0.15, 0.2) is 0 Å². The van der Waals surface area contributed by atoms with E-state index in [2.05, 4.69) is 15.3 Å². The molecule has 0 aromatic heterocycles. The number of carboxylic acid groups (broad SMARTS) is 1. The van der Waals surface area contributed by atoms with Crippen molar-refractivity contribution in [2.75, 3.05) is 99.7 Å². The number of carbonyl (C=O) groups is 2. The summed E-state index contributed by atoms with van der Waals surface area (Å²) in [6.07, 6.45) is -0.613. The van der Waals surface area contributed by atoms with Gasteiger partial charge in [0.1, 0.15) is 5.60 Å². The zero-order valence-corrected chi connectivity index (χ0v) is 21.5. The molecule has 1 amide bonds. The number of likely N-dealkylation sites (N-methyl/N-ethyl adjacent to an activating group) is 2. The molecule has 34 heavy (non-hydrogen) atoms. The van der Waals surface area contributed by atoms with Crippen molar-refractivity contribution in [2.45, 2.75) is 32.8 Å². The van der Waals surface area contributed by atoms with Crippen LogP contribution in [0.15, 0.2) is 0 Å². The molecular formula is C22H45N3O9. The van der Waals surface area contributed by atoms with Gasteiger partial charge in [0.05, 0.1) is 65.9 Å². The minimum Gasteiger partial charge on any atom is -0.481 e. The van der Waals surface area contributed by atoms with Crippen LogP contribution < -0.4 is 5.48 Å². The van der Waals surface area contributed by atoms with Gasteiger partial charge in [0, 0.05) is 26.2 Å². The number of carboxylic acids is 1. The van der Waals surface area contributed by atoms with Crippen molar-refractivity contribution >= 4 is 12.1 Å². The van der Waals surface area contributed by atoms with Gasteiger partial charge in [-0.3, -0.25) is 9.63 Å². The van der Waals surface area contributed by atoms with E-state index in [1.807, 2.05) is 14.1 Å². The first-order valence-electron chi connectivity index (χ1n) is 11.6. The Hall–Kier alpha value is -1.54. The lowest BCUT2D eigenvalue weighted by atomic mass is 10.2. The van der Waals surface area contributed by atoms with Crippen molar-refractivity contribution < 1.29 is 43.2 Å². The van der Waals surface area contributed by atoms with Gasteiger partial charge in [0.25, 0.3) is 0 Å². The van der Waals surface area contributed by atoms with Crippen molar-refractivity contribution in [1.29, 1.82) is 0 Å². The second kappa shape index (κ2) is 20.8. The van der Waals surface area contributed by atoms with E-state index in [0.717, 1.165) is 26.2 Å². The van der Waals surface area contributed by atoms with Gasteiger partial charge in [-0.1, -0.05) is 0 Å². The Labute approximate surface area is 203 Å². The van der Waals surface area contributed by atoms with Gasteiger partial charge in [-0.15, -0.1) is 0 Å². The van der Waals surface area contributed by atoms with E-state index < -0.39 is 17.7 Å². The molecule has 0 aliphatic carbocycles. The highest BCUT2D eigenvalue weighted by Crippen LogP contribution is 2.06. The average Bonchev–Trinajstić information content (AvgIpc) is 2.73. The van der Waals surface area contributed by atoms with Gasteiger partial charge in [-0.2, -0.15) is 5.48 Å². The first-order chi connectivity index (χ1) is 16.1. The summed E-state index contributed by atoms with van der Waals surface area (Å²) >= 11 is 0. The Kier molecular flexibility index (Phi) is 19.9. The van der Waals surface area contributed by atoms with Crippen molar-refractivity contribution in [3.63, 3.8) is 0 Å². The molecule has 0 saturated carbocycles. The smallest absolute Gasteiger partial charge is 0.431 e. The third-order valence-corrected chi connectivity index (χ3v) is 4.19.